The highest BCUT2D eigenvalue weighted by Gasteiger charge is 2.46. The van der Waals surface area contributed by atoms with Gasteiger partial charge in [0.2, 0.25) is 23.7 Å². The third kappa shape index (κ3) is 9.96. The number of nitrogens with zero attached hydrogens (tertiary/aromatic N) is 10. The first kappa shape index (κ1) is 55.5. The minimum absolute atomic E-state index is 0.144. The number of anilines is 2. The van der Waals surface area contributed by atoms with Crippen LogP contribution in [0.4, 0.5) is 16.7 Å². The first-order valence-electron chi connectivity index (χ1n) is 30.6. The smallest absolute Gasteiger partial charge is 0.315 e. The molecule has 2 aliphatic heterocycles. The zero-order valence-corrected chi connectivity index (χ0v) is 48.2. The van der Waals surface area contributed by atoms with E-state index in [1.54, 1.807) is 26.5 Å². The highest BCUT2D eigenvalue weighted by molar-refractivity contribution is 5.82. The summed E-state index contributed by atoms with van der Waals surface area (Å²) in [5.74, 6) is 0.845. The van der Waals surface area contributed by atoms with Gasteiger partial charge in [0.25, 0.3) is 0 Å². The van der Waals surface area contributed by atoms with E-state index in [4.69, 9.17) is 29.9 Å². The third-order valence-corrected chi connectivity index (χ3v) is 19.2. The lowest BCUT2D eigenvalue weighted by atomic mass is 9.91. The number of aliphatic hydroxyl groups is 4. The maximum absolute atomic E-state index is 14.0. The minimum Gasteiger partial charge on any atom is -0.388 e. The van der Waals surface area contributed by atoms with Crippen LogP contribution in [0.2, 0.25) is 0 Å². The van der Waals surface area contributed by atoms with E-state index in [9.17, 15) is 34.8 Å². The van der Waals surface area contributed by atoms with Gasteiger partial charge in [-0.2, -0.15) is 9.97 Å². The Balaban J connectivity index is 0.689. The normalized spacial score (nSPS) is 25.0. The first-order valence-corrected chi connectivity index (χ1v) is 30.6. The fourth-order valence-electron chi connectivity index (χ4n) is 14.7. The Bertz CT molecular complexity index is 3570. The summed E-state index contributed by atoms with van der Waals surface area (Å²) in [6, 6.07) is 31.0. The topological polar surface area (TPSA) is 274 Å². The summed E-state index contributed by atoms with van der Waals surface area (Å²) in [7, 11) is 0. The highest BCUT2D eigenvalue weighted by Crippen LogP contribution is 2.48. The summed E-state index contributed by atoms with van der Waals surface area (Å²) in [4.78, 5) is 73.6. The molecular formula is C65H72N14O7. The molecule has 4 amide bonds. The van der Waals surface area contributed by atoms with Crippen molar-refractivity contribution in [1.82, 2.24) is 60.3 Å². The van der Waals surface area contributed by atoms with Gasteiger partial charge in [0.05, 0.1) is 48.2 Å². The van der Waals surface area contributed by atoms with E-state index in [0.29, 0.717) is 86.1 Å². The van der Waals surface area contributed by atoms with Gasteiger partial charge in [0.1, 0.15) is 35.4 Å². The molecule has 2 saturated heterocycles. The zero-order valence-electron chi connectivity index (χ0n) is 48.2. The summed E-state index contributed by atoms with van der Waals surface area (Å²) >= 11 is 0. The standard InChI is InChI=1S/C65H72N14O7/c1-3-53(80)70-49-29-51(59(84)57(49)82)78-33-66-55-47(23-21-45-41-17-9-5-13-37(41)38-14-6-10-18-42(38)45)72-63(74-61(55)78)76-27-25-35(31-76)68-65(86)69-36-26-28-77(32-36)64-73-48(24-22-46-43-19-11-7-15-39(43)40-16-8-12-20-44(40)46)56-62(75-64)79(34-67-56)52-30-50(58(83)60(52)85)71-54(81)4-2/h5-20,33-36,45-46,49-52,57-60,82-85H,3-4,21-32H2,1-2H3,(H,70,80)(H,71,81)(H2,68,69,86)/t35-,36-,49+,50+,51-,52-,57-,58-,59+,60+/m1/s1. The number of carbonyl (C=O) groups excluding carboxylic acids is 3. The van der Waals surface area contributed by atoms with E-state index in [1.807, 2.05) is 9.13 Å². The lowest BCUT2D eigenvalue weighted by Gasteiger charge is -2.22. The summed E-state index contributed by atoms with van der Waals surface area (Å²) < 4.78 is 3.65. The molecule has 86 heavy (non-hydrogen) atoms. The average molecular weight is 1160 g/mol. The minimum atomic E-state index is -1.18. The molecule has 444 valence electrons. The number of hydrogen-bond donors (Lipinski definition) is 8. The van der Waals surface area contributed by atoms with Gasteiger partial charge in [0, 0.05) is 62.9 Å². The van der Waals surface area contributed by atoms with Gasteiger partial charge in [-0.3, -0.25) is 9.59 Å². The first-order chi connectivity index (χ1) is 41.9. The second-order valence-corrected chi connectivity index (χ2v) is 24.2. The van der Waals surface area contributed by atoms with Crippen molar-refractivity contribution in [3.05, 3.63) is 143 Å². The molecule has 0 radical (unpaired) electrons. The van der Waals surface area contributed by atoms with Crippen molar-refractivity contribution < 1.29 is 34.8 Å². The Morgan fingerprint density at radius 2 is 0.872 bits per heavy atom. The molecule has 0 spiro atoms. The summed E-state index contributed by atoms with van der Waals surface area (Å²) in [6.07, 6.45) is 3.66. The van der Waals surface area contributed by atoms with Crippen LogP contribution in [-0.2, 0) is 22.4 Å². The number of aromatic nitrogens is 8. The molecule has 2 saturated carbocycles. The van der Waals surface area contributed by atoms with Gasteiger partial charge in [-0.05, 0) is 95.9 Å². The van der Waals surface area contributed by atoms with Crippen LogP contribution in [0.3, 0.4) is 0 Å². The predicted molar refractivity (Wildman–Crippen MR) is 323 cm³/mol. The van der Waals surface area contributed by atoms with Crippen LogP contribution >= 0.6 is 0 Å². The zero-order chi connectivity index (χ0) is 58.9. The van der Waals surface area contributed by atoms with Crippen LogP contribution in [0.1, 0.15) is 123 Å². The van der Waals surface area contributed by atoms with Crippen molar-refractivity contribution in [3.63, 3.8) is 0 Å². The second kappa shape index (κ2) is 22.8. The fourth-order valence-corrected chi connectivity index (χ4v) is 14.7. The Labute approximate surface area is 497 Å². The van der Waals surface area contributed by atoms with Gasteiger partial charge in [-0.25, -0.2) is 24.7 Å². The molecular weight excluding hydrogens is 1090 g/mol. The maximum Gasteiger partial charge on any atom is 0.315 e. The Kier molecular flexibility index (Phi) is 14.7. The van der Waals surface area contributed by atoms with E-state index < -0.39 is 48.6 Å². The number of aryl methyl sites for hydroxylation is 2. The van der Waals surface area contributed by atoms with Crippen LogP contribution in [-0.4, -0.2) is 152 Å². The quantitative estimate of drug-likeness (QED) is 0.0574. The van der Waals surface area contributed by atoms with Crippen molar-refractivity contribution in [2.75, 3.05) is 36.0 Å². The van der Waals surface area contributed by atoms with E-state index in [2.05, 4.69) is 128 Å². The van der Waals surface area contributed by atoms with Gasteiger partial charge < -0.3 is 60.6 Å². The van der Waals surface area contributed by atoms with E-state index >= 15 is 0 Å². The van der Waals surface area contributed by atoms with Crippen molar-refractivity contribution in [2.24, 2.45) is 0 Å². The Morgan fingerprint density at radius 3 is 1.24 bits per heavy atom. The third-order valence-electron chi connectivity index (χ3n) is 19.2. The van der Waals surface area contributed by atoms with Gasteiger partial charge in [0.15, 0.2) is 11.3 Å². The predicted octanol–water partition coefficient (Wildman–Crippen LogP) is 5.74. The lowest BCUT2D eigenvalue weighted by molar-refractivity contribution is -0.123. The molecule has 8 aromatic rings. The number of rotatable bonds is 16. The van der Waals surface area contributed by atoms with Gasteiger partial charge in [-0.15, -0.1) is 0 Å². The number of benzene rings is 4. The number of imidazole rings is 2. The van der Waals surface area contributed by atoms with Crippen molar-refractivity contribution in [1.29, 1.82) is 0 Å². The van der Waals surface area contributed by atoms with Crippen LogP contribution < -0.4 is 31.1 Å². The van der Waals surface area contributed by atoms with E-state index in [0.717, 1.165) is 24.2 Å². The molecule has 4 aromatic heterocycles. The molecule has 0 bridgehead atoms. The van der Waals surface area contributed by atoms with Crippen LogP contribution in [0, 0.1) is 0 Å². The number of urea groups is 1. The van der Waals surface area contributed by atoms with Gasteiger partial charge >= 0.3 is 6.03 Å². The SMILES string of the molecule is CCC(=O)N[C@H]1C[C@@H](n2cnc3c(CCC4c5ccccc5-c5ccccc54)nc(N4CC[C@@H](NC(=O)N[C@@H]5CCN(c6nc(CCC7c8ccccc8-c8ccccc87)c7ncn([C@@H]8C[C@H](NC(=O)CC)[C@@H](O)[C@H]8O)c7n6)C5)C4)nc32)[C@H](O)[C@@H]1O. The number of aliphatic hydroxyl groups excluding tert-OH is 4. The van der Waals surface area contributed by atoms with Crippen LogP contribution in [0.15, 0.2) is 110 Å². The average Bonchev–Trinajstić information content (AvgIpc) is 2.87. The molecule has 4 fully saturated rings. The fraction of sp³-hybridized carbons (Fsp3) is 0.431. The number of hydrogen-bond acceptors (Lipinski definition) is 15. The highest BCUT2D eigenvalue weighted by atomic mass is 16.3. The Morgan fingerprint density at radius 1 is 0.500 bits per heavy atom. The van der Waals surface area contributed by atoms with E-state index in [1.165, 1.54) is 44.5 Å². The van der Waals surface area contributed by atoms with Crippen LogP contribution in [0.5, 0.6) is 0 Å². The molecule has 0 unspecified atom stereocenters. The van der Waals surface area contributed by atoms with Crippen molar-refractivity contribution in [3.8, 4) is 22.3 Å². The molecule has 21 nitrogen and oxygen atoms in total. The number of amides is 4. The van der Waals surface area contributed by atoms with Crippen molar-refractivity contribution >= 4 is 52.1 Å². The Hall–Kier alpha value is -8.37. The maximum atomic E-state index is 14.0. The molecule has 6 heterocycles. The molecule has 8 N–H and O–H groups in total. The number of carbonyl (C=O) groups is 3. The monoisotopic (exact) mass is 1160 g/mol. The largest absolute Gasteiger partial charge is 0.388 e. The molecule has 6 aliphatic rings. The van der Waals surface area contributed by atoms with Crippen LogP contribution in [0.25, 0.3) is 44.6 Å². The molecule has 4 aliphatic carbocycles. The second-order valence-electron chi connectivity index (χ2n) is 24.2. The summed E-state index contributed by atoms with van der Waals surface area (Å²) in [6.45, 7) is 5.54. The lowest BCUT2D eigenvalue weighted by Crippen LogP contribution is -2.48. The summed E-state index contributed by atoms with van der Waals surface area (Å²) in [5, 5.41) is 57.5. The summed E-state index contributed by atoms with van der Waals surface area (Å²) in [5.41, 5.74) is 13.9. The molecule has 14 rings (SSSR count). The number of fused-ring (bicyclic) bond motifs is 8. The van der Waals surface area contributed by atoms with Crippen molar-refractivity contribution in [2.45, 2.75) is 151 Å². The van der Waals surface area contributed by atoms with Gasteiger partial charge in [-0.1, -0.05) is 111 Å². The number of nitrogens with one attached hydrogen (secondary N) is 4. The molecule has 4 aromatic carbocycles. The molecule has 10 atom stereocenters. The van der Waals surface area contributed by atoms with E-state index in [-0.39, 0.29) is 67.4 Å². The molecule has 21 heteroatoms.